The lowest BCUT2D eigenvalue weighted by Gasteiger charge is -2.40. The zero-order chi connectivity index (χ0) is 11.0. The molecule has 1 saturated carbocycles. The number of primary amides is 1. The number of nitrogens with two attached hydrogens (primary N) is 2. The SMILES string of the molecule is CC1(C)CCC([C@](C)(N)C(N)=O)CC1. The van der Waals surface area contributed by atoms with Crippen LogP contribution in [0.1, 0.15) is 46.5 Å². The minimum Gasteiger partial charge on any atom is -0.368 e. The van der Waals surface area contributed by atoms with Crippen LogP contribution in [0, 0.1) is 11.3 Å². The molecule has 1 fully saturated rings. The maximum Gasteiger partial charge on any atom is 0.237 e. The van der Waals surface area contributed by atoms with E-state index in [0.717, 1.165) is 25.7 Å². The van der Waals surface area contributed by atoms with Crippen LogP contribution in [-0.2, 0) is 4.79 Å². The topological polar surface area (TPSA) is 69.1 Å². The minimum absolute atomic E-state index is 0.257. The Morgan fingerprint density at radius 2 is 1.79 bits per heavy atom. The average molecular weight is 198 g/mol. The van der Waals surface area contributed by atoms with E-state index in [9.17, 15) is 4.79 Å². The maximum absolute atomic E-state index is 11.2. The second kappa shape index (κ2) is 3.54. The highest BCUT2D eigenvalue weighted by Gasteiger charge is 2.39. The van der Waals surface area contributed by atoms with Crippen LogP contribution in [0.15, 0.2) is 0 Å². The fraction of sp³-hybridized carbons (Fsp3) is 0.909. The summed E-state index contributed by atoms with van der Waals surface area (Å²) in [5.74, 6) is -0.116. The van der Waals surface area contributed by atoms with Crippen molar-refractivity contribution in [2.24, 2.45) is 22.8 Å². The zero-order valence-corrected chi connectivity index (χ0v) is 9.47. The number of hydrogen-bond acceptors (Lipinski definition) is 2. The summed E-state index contributed by atoms with van der Waals surface area (Å²) in [6, 6.07) is 0. The molecule has 0 heterocycles. The first kappa shape index (κ1) is 11.5. The summed E-state index contributed by atoms with van der Waals surface area (Å²) < 4.78 is 0. The molecular weight excluding hydrogens is 176 g/mol. The van der Waals surface area contributed by atoms with Gasteiger partial charge in [-0.3, -0.25) is 4.79 Å². The molecule has 3 nitrogen and oxygen atoms in total. The van der Waals surface area contributed by atoms with Gasteiger partial charge in [0.15, 0.2) is 0 Å². The minimum atomic E-state index is -0.823. The van der Waals surface area contributed by atoms with Crippen LogP contribution in [0.3, 0.4) is 0 Å². The van der Waals surface area contributed by atoms with E-state index in [2.05, 4.69) is 13.8 Å². The van der Waals surface area contributed by atoms with Gasteiger partial charge in [0.2, 0.25) is 5.91 Å². The van der Waals surface area contributed by atoms with E-state index in [-0.39, 0.29) is 11.8 Å². The molecule has 1 aliphatic rings. The summed E-state index contributed by atoms with van der Waals surface area (Å²) in [5, 5.41) is 0. The van der Waals surface area contributed by atoms with E-state index in [1.807, 2.05) is 0 Å². The van der Waals surface area contributed by atoms with E-state index in [4.69, 9.17) is 11.5 Å². The lowest BCUT2D eigenvalue weighted by molar-refractivity contribution is -0.125. The first-order chi connectivity index (χ1) is 6.26. The monoisotopic (exact) mass is 198 g/mol. The molecule has 0 aromatic rings. The Bertz CT molecular complexity index is 223. The molecule has 1 atom stereocenters. The largest absolute Gasteiger partial charge is 0.368 e. The molecule has 0 bridgehead atoms. The molecule has 0 aromatic heterocycles. The zero-order valence-electron chi connectivity index (χ0n) is 9.47. The fourth-order valence-corrected chi connectivity index (χ4v) is 2.20. The van der Waals surface area contributed by atoms with Crippen LogP contribution in [0.25, 0.3) is 0 Å². The van der Waals surface area contributed by atoms with Crippen molar-refractivity contribution in [2.75, 3.05) is 0 Å². The van der Waals surface area contributed by atoms with Crippen LogP contribution in [0.5, 0.6) is 0 Å². The van der Waals surface area contributed by atoms with Crippen molar-refractivity contribution >= 4 is 5.91 Å². The van der Waals surface area contributed by atoms with E-state index >= 15 is 0 Å². The van der Waals surface area contributed by atoms with Gasteiger partial charge in [-0.25, -0.2) is 0 Å². The highest BCUT2D eigenvalue weighted by molar-refractivity contribution is 5.84. The molecule has 1 aliphatic carbocycles. The van der Waals surface area contributed by atoms with Crippen molar-refractivity contribution in [1.29, 1.82) is 0 Å². The van der Waals surface area contributed by atoms with E-state index in [1.165, 1.54) is 0 Å². The second-order valence-electron chi connectivity index (χ2n) is 5.59. The Labute approximate surface area is 86.2 Å². The smallest absolute Gasteiger partial charge is 0.237 e. The molecule has 0 spiro atoms. The lowest BCUT2D eigenvalue weighted by atomic mass is 9.67. The lowest BCUT2D eigenvalue weighted by Crippen LogP contribution is -2.56. The number of hydrogen-bond donors (Lipinski definition) is 2. The van der Waals surface area contributed by atoms with Gasteiger partial charge in [0, 0.05) is 0 Å². The molecule has 0 radical (unpaired) electrons. The summed E-state index contributed by atoms with van der Waals surface area (Å²) in [7, 11) is 0. The van der Waals surface area contributed by atoms with Gasteiger partial charge in [-0.1, -0.05) is 13.8 Å². The summed E-state index contributed by atoms with van der Waals surface area (Å²) in [5.41, 5.74) is 10.8. The van der Waals surface area contributed by atoms with Gasteiger partial charge >= 0.3 is 0 Å². The third-order valence-corrected chi connectivity index (χ3v) is 3.72. The first-order valence-corrected chi connectivity index (χ1v) is 5.34. The molecule has 14 heavy (non-hydrogen) atoms. The van der Waals surface area contributed by atoms with Crippen molar-refractivity contribution in [3.63, 3.8) is 0 Å². The van der Waals surface area contributed by atoms with Crippen LogP contribution < -0.4 is 11.5 Å². The van der Waals surface area contributed by atoms with Crippen molar-refractivity contribution in [3.8, 4) is 0 Å². The molecule has 1 rings (SSSR count). The molecule has 0 aromatic carbocycles. The number of amides is 1. The van der Waals surface area contributed by atoms with Gasteiger partial charge in [0.25, 0.3) is 0 Å². The number of carbonyl (C=O) groups is 1. The Kier molecular flexibility index (Phi) is 2.91. The summed E-state index contributed by atoms with van der Waals surface area (Å²) in [4.78, 5) is 11.2. The fourth-order valence-electron chi connectivity index (χ4n) is 2.20. The predicted octanol–water partition coefficient (Wildman–Crippen LogP) is 1.41. The summed E-state index contributed by atoms with van der Waals surface area (Å²) in [6.07, 6.45) is 4.31. The van der Waals surface area contributed by atoms with E-state index in [0.29, 0.717) is 5.41 Å². The number of rotatable bonds is 2. The van der Waals surface area contributed by atoms with Crippen molar-refractivity contribution < 1.29 is 4.79 Å². The van der Waals surface area contributed by atoms with E-state index < -0.39 is 5.54 Å². The number of carbonyl (C=O) groups excluding carboxylic acids is 1. The van der Waals surface area contributed by atoms with Crippen LogP contribution in [-0.4, -0.2) is 11.4 Å². The van der Waals surface area contributed by atoms with Gasteiger partial charge in [-0.05, 0) is 43.9 Å². The first-order valence-electron chi connectivity index (χ1n) is 5.34. The Morgan fingerprint density at radius 3 is 2.14 bits per heavy atom. The van der Waals surface area contributed by atoms with Crippen LogP contribution in [0.4, 0.5) is 0 Å². The van der Waals surface area contributed by atoms with Gasteiger partial charge in [0.1, 0.15) is 0 Å². The van der Waals surface area contributed by atoms with Crippen LogP contribution in [0.2, 0.25) is 0 Å². The van der Waals surface area contributed by atoms with Crippen molar-refractivity contribution in [1.82, 2.24) is 0 Å². The molecule has 4 N–H and O–H groups in total. The summed E-state index contributed by atoms with van der Waals surface area (Å²) >= 11 is 0. The predicted molar refractivity (Wildman–Crippen MR) is 57.5 cm³/mol. The molecule has 0 aliphatic heterocycles. The Hall–Kier alpha value is -0.570. The van der Waals surface area contributed by atoms with E-state index in [1.54, 1.807) is 6.92 Å². The van der Waals surface area contributed by atoms with Crippen molar-refractivity contribution in [3.05, 3.63) is 0 Å². The highest BCUT2D eigenvalue weighted by atomic mass is 16.1. The summed E-state index contributed by atoms with van der Waals surface area (Å²) in [6.45, 7) is 6.29. The molecule has 0 saturated heterocycles. The maximum atomic E-state index is 11.2. The third-order valence-electron chi connectivity index (χ3n) is 3.72. The normalized spacial score (nSPS) is 26.9. The van der Waals surface area contributed by atoms with Crippen molar-refractivity contribution in [2.45, 2.75) is 52.0 Å². The molecule has 3 heteroatoms. The Balaban J connectivity index is 2.62. The average Bonchev–Trinajstić information content (AvgIpc) is 2.03. The molecule has 0 unspecified atom stereocenters. The molecule has 1 amide bonds. The van der Waals surface area contributed by atoms with Gasteiger partial charge in [0.05, 0.1) is 5.54 Å². The van der Waals surface area contributed by atoms with Gasteiger partial charge < -0.3 is 11.5 Å². The molecule has 82 valence electrons. The van der Waals surface area contributed by atoms with Gasteiger partial charge in [-0.15, -0.1) is 0 Å². The second-order valence-corrected chi connectivity index (χ2v) is 5.59. The quantitative estimate of drug-likeness (QED) is 0.704. The van der Waals surface area contributed by atoms with Gasteiger partial charge in [-0.2, -0.15) is 0 Å². The Morgan fingerprint density at radius 1 is 1.36 bits per heavy atom. The third kappa shape index (κ3) is 2.27. The standard InChI is InChI=1S/C11H22N2O/c1-10(2)6-4-8(5-7-10)11(3,13)9(12)14/h8H,4-7,13H2,1-3H3,(H2,12,14)/t11-/m0/s1. The highest BCUT2D eigenvalue weighted by Crippen LogP contribution is 2.41. The molecular formula is C11H22N2O. The van der Waals surface area contributed by atoms with Crippen LogP contribution >= 0.6 is 0 Å².